The van der Waals surface area contributed by atoms with Gasteiger partial charge in [0.25, 0.3) is 5.91 Å². The number of amides is 1. The maximum absolute atomic E-state index is 12.3. The Balaban J connectivity index is 1.66. The van der Waals surface area contributed by atoms with E-state index in [1.54, 1.807) is 6.07 Å². The number of ether oxygens (including phenoxy) is 3. The number of carbonyl (C=O) groups is 1. The van der Waals surface area contributed by atoms with Crippen LogP contribution in [0.4, 0.5) is 5.69 Å². The lowest BCUT2D eigenvalue weighted by Crippen LogP contribution is -2.47. The van der Waals surface area contributed by atoms with Crippen LogP contribution in [0.3, 0.4) is 0 Å². The van der Waals surface area contributed by atoms with E-state index in [1.165, 1.54) is 0 Å². The van der Waals surface area contributed by atoms with E-state index in [0.29, 0.717) is 23.8 Å². The molecule has 31 heavy (non-hydrogen) atoms. The molecule has 0 bridgehead atoms. The van der Waals surface area contributed by atoms with Crippen molar-refractivity contribution in [2.45, 2.75) is 33.0 Å². The number of nitrogens with one attached hydrogen (secondary N) is 1. The first-order chi connectivity index (χ1) is 14.9. The maximum Gasteiger partial charge on any atom is 0.262 e. The normalized spacial score (nSPS) is 18.4. The van der Waals surface area contributed by atoms with Gasteiger partial charge in [-0.3, -0.25) is 4.79 Å². The van der Waals surface area contributed by atoms with Gasteiger partial charge in [0.1, 0.15) is 4.99 Å². The second kappa shape index (κ2) is 10.9. The summed E-state index contributed by atoms with van der Waals surface area (Å²) in [5.41, 5.74) is 1.59. The van der Waals surface area contributed by atoms with Crippen LogP contribution in [-0.2, 0) is 9.53 Å². The number of benzene rings is 2. The molecule has 0 aliphatic carbocycles. The molecule has 1 aliphatic rings. The third kappa shape index (κ3) is 6.66. The quantitative estimate of drug-likeness (QED) is 0.551. The van der Waals surface area contributed by atoms with Crippen LogP contribution in [-0.4, -0.2) is 54.3 Å². The highest BCUT2D eigenvalue weighted by atomic mass is 79.9. The van der Waals surface area contributed by atoms with E-state index >= 15 is 0 Å². The molecule has 2 aromatic carbocycles. The molecule has 6 nitrogen and oxygen atoms in total. The summed E-state index contributed by atoms with van der Waals surface area (Å²) in [4.78, 5) is 15.2. The Labute approximate surface area is 197 Å². The molecule has 0 radical (unpaired) electrons. The third-order valence-corrected chi connectivity index (χ3v) is 5.71. The van der Waals surface area contributed by atoms with Gasteiger partial charge in [-0.15, -0.1) is 0 Å². The molecule has 0 aromatic heterocycles. The molecule has 1 N–H and O–H groups in total. The van der Waals surface area contributed by atoms with E-state index < -0.39 is 0 Å². The van der Waals surface area contributed by atoms with Gasteiger partial charge < -0.3 is 24.4 Å². The lowest BCUT2D eigenvalue weighted by atomic mass is 10.1. The zero-order valence-electron chi connectivity index (χ0n) is 17.9. The van der Waals surface area contributed by atoms with E-state index in [9.17, 15) is 4.79 Å². The number of rotatable bonds is 7. The van der Waals surface area contributed by atoms with E-state index in [2.05, 4.69) is 26.1 Å². The van der Waals surface area contributed by atoms with Crippen molar-refractivity contribution < 1.29 is 19.0 Å². The van der Waals surface area contributed by atoms with Crippen LogP contribution in [0, 0.1) is 0 Å². The Bertz CT molecular complexity index is 912. The summed E-state index contributed by atoms with van der Waals surface area (Å²) in [5.74, 6) is 0.817. The summed E-state index contributed by atoms with van der Waals surface area (Å²) in [5, 5.41) is 2.81. The van der Waals surface area contributed by atoms with Gasteiger partial charge in [-0.1, -0.05) is 28.1 Å². The van der Waals surface area contributed by atoms with Gasteiger partial charge in [-0.05, 0) is 63.2 Å². The van der Waals surface area contributed by atoms with Crippen LogP contribution in [0.15, 0.2) is 46.9 Å². The number of hydrogen-bond donors (Lipinski definition) is 1. The summed E-state index contributed by atoms with van der Waals surface area (Å²) in [6.07, 6.45) is 0.250. The average molecular weight is 507 g/mol. The number of anilines is 1. The van der Waals surface area contributed by atoms with Crippen molar-refractivity contribution in [1.82, 2.24) is 4.90 Å². The van der Waals surface area contributed by atoms with Crippen LogP contribution in [0.1, 0.15) is 26.3 Å². The van der Waals surface area contributed by atoms with Gasteiger partial charge in [-0.2, -0.15) is 0 Å². The van der Waals surface area contributed by atoms with Crippen molar-refractivity contribution in [3.05, 3.63) is 52.5 Å². The third-order valence-electron chi connectivity index (χ3n) is 4.68. The molecule has 1 amide bonds. The molecule has 0 spiro atoms. The minimum absolute atomic E-state index is 0.125. The van der Waals surface area contributed by atoms with Crippen LogP contribution in [0.5, 0.6) is 11.5 Å². The number of halogens is 1. The molecule has 1 fully saturated rings. The fourth-order valence-electron chi connectivity index (χ4n) is 3.43. The topological polar surface area (TPSA) is 60.0 Å². The van der Waals surface area contributed by atoms with Gasteiger partial charge in [0.2, 0.25) is 0 Å². The fraction of sp³-hybridized carbons (Fsp3) is 0.391. The summed E-state index contributed by atoms with van der Waals surface area (Å²) in [7, 11) is 0. The molecule has 2 aromatic rings. The molecule has 0 unspecified atom stereocenters. The highest BCUT2D eigenvalue weighted by molar-refractivity contribution is 9.10. The van der Waals surface area contributed by atoms with E-state index in [-0.39, 0.29) is 24.7 Å². The smallest absolute Gasteiger partial charge is 0.262 e. The Morgan fingerprint density at radius 2 is 1.81 bits per heavy atom. The molecular formula is C23H27BrN2O4S. The number of hydrogen-bond acceptors (Lipinski definition) is 5. The fourth-order valence-corrected chi connectivity index (χ4v) is 3.97. The predicted octanol–water partition coefficient (Wildman–Crippen LogP) is 4.65. The lowest BCUT2D eigenvalue weighted by Gasteiger charge is -2.37. The van der Waals surface area contributed by atoms with E-state index in [4.69, 9.17) is 26.4 Å². The Kier molecular flexibility index (Phi) is 8.28. The zero-order chi connectivity index (χ0) is 22.4. The molecule has 1 heterocycles. The Morgan fingerprint density at radius 3 is 2.45 bits per heavy atom. The van der Waals surface area contributed by atoms with E-state index in [1.807, 2.05) is 57.2 Å². The minimum Gasteiger partial charge on any atom is -0.490 e. The summed E-state index contributed by atoms with van der Waals surface area (Å²) in [6.45, 7) is 7.85. The Morgan fingerprint density at radius 1 is 1.13 bits per heavy atom. The monoisotopic (exact) mass is 506 g/mol. The summed E-state index contributed by atoms with van der Waals surface area (Å²) in [6, 6.07) is 12.9. The van der Waals surface area contributed by atoms with Crippen molar-refractivity contribution >= 4 is 44.7 Å². The van der Waals surface area contributed by atoms with Crippen molar-refractivity contribution in [3.63, 3.8) is 0 Å². The molecule has 8 heteroatoms. The second-order valence-electron chi connectivity index (χ2n) is 7.41. The first-order valence-electron chi connectivity index (χ1n) is 10.3. The molecule has 166 valence electrons. The van der Waals surface area contributed by atoms with Crippen LogP contribution >= 0.6 is 28.1 Å². The molecule has 3 rings (SSSR count). The van der Waals surface area contributed by atoms with Gasteiger partial charge in [0.05, 0.1) is 18.8 Å². The lowest BCUT2D eigenvalue weighted by molar-refractivity contribution is -0.118. The summed E-state index contributed by atoms with van der Waals surface area (Å²) >= 11 is 9.10. The number of carbonyl (C=O) groups excluding carboxylic acids is 1. The van der Waals surface area contributed by atoms with Crippen LogP contribution in [0.2, 0.25) is 0 Å². The average Bonchev–Trinajstić information content (AvgIpc) is 2.73. The minimum atomic E-state index is -0.249. The number of morpholine rings is 1. The van der Waals surface area contributed by atoms with Gasteiger partial charge in [0, 0.05) is 28.8 Å². The van der Waals surface area contributed by atoms with Crippen molar-refractivity contribution in [1.29, 1.82) is 0 Å². The molecule has 1 aliphatic heterocycles. The molecule has 2 atom stereocenters. The SMILES string of the molecule is CCOc1cc(C(=S)N2C[C@@H](C)O[C@H](C)C2)ccc1OCC(=O)Nc1ccc(Br)cc1. The highest BCUT2D eigenvalue weighted by Crippen LogP contribution is 2.30. The second-order valence-corrected chi connectivity index (χ2v) is 8.71. The summed E-state index contributed by atoms with van der Waals surface area (Å²) < 4.78 is 18.2. The zero-order valence-corrected chi connectivity index (χ0v) is 20.3. The maximum atomic E-state index is 12.3. The van der Waals surface area contributed by atoms with Gasteiger partial charge in [0.15, 0.2) is 18.1 Å². The highest BCUT2D eigenvalue weighted by Gasteiger charge is 2.25. The molecule has 0 saturated carbocycles. The first-order valence-corrected chi connectivity index (χ1v) is 11.5. The largest absolute Gasteiger partial charge is 0.490 e. The Hall–Kier alpha value is -2.16. The van der Waals surface area contributed by atoms with Crippen LogP contribution in [0.25, 0.3) is 0 Å². The van der Waals surface area contributed by atoms with Crippen LogP contribution < -0.4 is 14.8 Å². The van der Waals surface area contributed by atoms with Crippen molar-refractivity contribution in [2.24, 2.45) is 0 Å². The van der Waals surface area contributed by atoms with Gasteiger partial charge >= 0.3 is 0 Å². The molecular weight excluding hydrogens is 480 g/mol. The number of thiocarbonyl (C=S) groups is 1. The molecule has 1 saturated heterocycles. The number of nitrogens with zero attached hydrogens (tertiary/aromatic N) is 1. The first kappa shape index (κ1) is 23.5. The van der Waals surface area contributed by atoms with Gasteiger partial charge in [-0.25, -0.2) is 0 Å². The predicted molar refractivity (Wildman–Crippen MR) is 129 cm³/mol. The van der Waals surface area contributed by atoms with Crippen molar-refractivity contribution in [2.75, 3.05) is 31.6 Å². The standard InChI is InChI=1S/C23H27BrN2O4S/c1-4-28-21-11-17(23(31)26-12-15(2)30-16(3)13-26)5-10-20(21)29-14-22(27)25-19-8-6-18(24)7-9-19/h5-11,15-16H,4,12-14H2,1-3H3,(H,25,27)/t15-,16-/m1/s1. The van der Waals surface area contributed by atoms with Crippen molar-refractivity contribution in [3.8, 4) is 11.5 Å². The van der Waals surface area contributed by atoms with E-state index in [0.717, 1.165) is 28.1 Å².